The van der Waals surface area contributed by atoms with Gasteiger partial charge in [0.25, 0.3) is 11.8 Å². The smallest absolute Gasteiger partial charge is 0.285 e. The van der Waals surface area contributed by atoms with Crippen LogP contribution in [0.3, 0.4) is 0 Å². The standard InChI is InChI=1S/C40H31BrCl3N3O4S/c1-3-5-16-30(4-2)47-39(50)31(19-25-20-32(41)37(34(44)21-25)51-23-28-17-18-29(42)22-33(28)43)38(49)46-40(47)52-24-35(48)45-36(26-12-8-6-9-13-26)27-14-10-7-11-15-27/h3-22,36H,1,23-24H2,2H3,(H,45,48)/b16-5-,30-4+,31-19+. The molecule has 4 aromatic carbocycles. The molecule has 1 N–H and O–H groups in total. The number of allylic oxidation sites excluding steroid dienone is 4. The summed E-state index contributed by atoms with van der Waals surface area (Å²) in [6, 6.07) is 27.2. The van der Waals surface area contributed by atoms with Crippen molar-refractivity contribution in [3.63, 3.8) is 0 Å². The van der Waals surface area contributed by atoms with Gasteiger partial charge in [-0.05, 0) is 76.0 Å². The van der Waals surface area contributed by atoms with Crippen LogP contribution >= 0.6 is 62.5 Å². The lowest BCUT2D eigenvalue weighted by Crippen LogP contribution is -2.42. The van der Waals surface area contributed by atoms with E-state index in [4.69, 9.17) is 39.5 Å². The highest BCUT2D eigenvalue weighted by Crippen LogP contribution is 2.37. The Morgan fingerprint density at radius 3 is 2.25 bits per heavy atom. The number of rotatable bonds is 12. The number of nitrogens with zero attached hydrogens (tertiary/aromatic N) is 2. The van der Waals surface area contributed by atoms with Crippen molar-refractivity contribution in [1.29, 1.82) is 0 Å². The van der Waals surface area contributed by atoms with Gasteiger partial charge in [0.05, 0.1) is 21.3 Å². The summed E-state index contributed by atoms with van der Waals surface area (Å²) in [5.41, 5.74) is 3.22. The van der Waals surface area contributed by atoms with Gasteiger partial charge in [-0.3, -0.25) is 19.3 Å². The normalized spacial score (nSPS) is 14.3. The minimum atomic E-state index is -0.760. The zero-order valence-corrected chi connectivity index (χ0v) is 32.4. The average molecular weight is 836 g/mol. The number of amidine groups is 1. The zero-order valence-electron chi connectivity index (χ0n) is 27.7. The molecule has 0 unspecified atom stereocenters. The van der Waals surface area contributed by atoms with Crippen LogP contribution in [0.5, 0.6) is 5.75 Å². The summed E-state index contributed by atoms with van der Waals surface area (Å²) in [6.07, 6.45) is 8.01. The van der Waals surface area contributed by atoms with Gasteiger partial charge < -0.3 is 10.1 Å². The summed E-state index contributed by atoms with van der Waals surface area (Å²) in [5, 5.41) is 4.34. The molecule has 0 saturated carbocycles. The Hall–Kier alpha value is -4.38. The van der Waals surface area contributed by atoms with Crippen LogP contribution in [0.25, 0.3) is 6.08 Å². The molecule has 5 rings (SSSR count). The fraction of sp³-hybridized carbons (Fsp3) is 0.100. The molecule has 0 aromatic heterocycles. The van der Waals surface area contributed by atoms with Crippen LogP contribution in [0, 0.1) is 0 Å². The molecule has 0 radical (unpaired) electrons. The Balaban J connectivity index is 1.39. The van der Waals surface area contributed by atoms with Crippen molar-refractivity contribution in [2.45, 2.75) is 19.6 Å². The van der Waals surface area contributed by atoms with Crippen molar-refractivity contribution in [2.75, 3.05) is 5.75 Å². The highest BCUT2D eigenvalue weighted by Gasteiger charge is 2.35. The molecule has 1 heterocycles. The first kappa shape index (κ1) is 38.8. The van der Waals surface area contributed by atoms with E-state index in [9.17, 15) is 14.4 Å². The first-order valence-electron chi connectivity index (χ1n) is 15.8. The van der Waals surface area contributed by atoms with E-state index in [2.05, 4.69) is 32.8 Å². The van der Waals surface area contributed by atoms with E-state index in [1.807, 2.05) is 60.7 Å². The number of aliphatic imine (C=N–C) groups is 1. The maximum absolute atomic E-state index is 14.1. The van der Waals surface area contributed by atoms with Crippen molar-refractivity contribution in [1.82, 2.24) is 10.2 Å². The quantitative estimate of drug-likeness (QED) is 0.0873. The van der Waals surface area contributed by atoms with Crippen LogP contribution in [0.15, 0.2) is 143 Å². The lowest BCUT2D eigenvalue weighted by molar-refractivity contribution is -0.126. The predicted octanol–water partition coefficient (Wildman–Crippen LogP) is 10.4. The summed E-state index contributed by atoms with van der Waals surface area (Å²) < 4.78 is 6.44. The number of hydrogen-bond acceptors (Lipinski definition) is 5. The molecule has 0 aliphatic carbocycles. The number of amides is 3. The third-order valence-electron chi connectivity index (χ3n) is 7.63. The minimum absolute atomic E-state index is 0.0592. The Morgan fingerprint density at radius 2 is 1.65 bits per heavy atom. The third-order valence-corrected chi connectivity index (χ3v) is 10.0. The predicted molar refractivity (Wildman–Crippen MR) is 216 cm³/mol. The minimum Gasteiger partial charge on any atom is -0.486 e. The molecular weight excluding hydrogens is 805 g/mol. The summed E-state index contributed by atoms with van der Waals surface area (Å²) in [6.45, 7) is 5.60. The number of hydrogen-bond donors (Lipinski definition) is 1. The van der Waals surface area contributed by atoms with Crippen LogP contribution in [-0.2, 0) is 21.0 Å². The summed E-state index contributed by atoms with van der Waals surface area (Å²) >= 11 is 23.4. The third kappa shape index (κ3) is 9.73. The SMILES string of the molecule is C=C/C=C\C(=C/C)N1C(=O)/C(=C/c2cc(Cl)c(OCc3ccc(Cl)cc3Cl)c(Br)c2)C(=O)N=C1SCC(=O)NC(c1ccccc1)c1ccccc1. The average Bonchev–Trinajstić information content (AvgIpc) is 3.13. The van der Waals surface area contributed by atoms with Crippen LogP contribution in [0.4, 0.5) is 0 Å². The number of halogens is 4. The molecule has 0 bridgehead atoms. The molecule has 0 spiro atoms. The number of thioether (sulfide) groups is 1. The molecule has 12 heteroatoms. The molecule has 0 atom stereocenters. The van der Waals surface area contributed by atoms with E-state index in [0.717, 1.165) is 22.9 Å². The van der Waals surface area contributed by atoms with Gasteiger partial charge in [0.15, 0.2) is 10.9 Å². The molecule has 0 fully saturated rings. The fourth-order valence-electron chi connectivity index (χ4n) is 5.15. The van der Waals surface area contributed by atoms with E-state index < -0.39 is 17.9 Å². The Morgan fingerprint density at radius 1 is 0.981 bits per heavy atom. The van der Waals surface area contributed by atoms with E-state index in [1.54, 1.807) is 61.6 Å². The highest BCUT2D eigenvalue weighted by atomic mass is 79.9. The maximum Gasteiger partial charge on any atom is 0.285 e. The number of carbonyl (C=O) groups excluding carboxylic acids is 3. The van der Waals surface area contributed by atoms with Crippen molar-refractivity contribution in [3.8, 4) is 5.75 Å². The second-order valence-corrected chi connectivity index (χ2v) is 14.2. The van der Waals surface area contributed by atoms with Crippen molar-refractivity contribution < 1.29 is 19.1 Å². The Bertz CT molecular complexity index is 2060. The topological polar surface area (TPSA) is 88.1 Å². The van der Waals surface area contributed by atoms with Gasteiger partial charge in [-0.1, -0.05) is 138 Å². The second kappa shape index (κ2) is 18.4. The molecule has 4 aromatic rings. The van der Waals surface area contributed by atoms with E-state index in [1.165, 1.54) is 11.0 Å². The molecule has 7 nitrogen and oxygen atoms in total. The van der Waals surface area contributed by atoms with Gasteiger partial charge in [0.2, 0.25) is 5.91 Å². The van der Waals surface area contributed by atoms with Crippen LogP contribution in [0.1, 0.15) is 35.2 Å². The Labute approximate surface area is 329 Å². The lowest BCUT2D eigenvalue weighted by Gasteiger charge is -2.28. The van der Waals surface area contributed by atoms with Crippen LogP contribution in [-0.4, -0.2) is 33.5 Å². The molecule has 264 valence electrons. The Kier molecular flexibility index (Phi) is 13.7. The van der Waals surface area contributed by atoms with E-state index in [-0.39, 0.29) is 34.0 Å². The number of carbonyl (C=O) groups is 3. The van der Waals surface area contributed by atoms with Gasteiger partial charge in [-0.2, -0.15) is 4.99 Å². The van der Waals surface area contributed by atoms with Crippen molar-refractivity contribution in [2.24, 2.45) is 4.99 Å². The molecule has 3 amide bonds. The molecule has 1 aliphatic rings. The first-order chi connectivity index (χ1) is 25.1. The monoisotopic (exact) mass is 833 g/mol. The van der Waals surface area contributed by atoms with Gasteiger partial charge in [0, 0.05) is 21.3 Å². The maximum atomic E-state index is 14.1. The number of ether oxygens (including phenoxy) is 1. The largest absolute Gasteiger partial charge is 0.486 e. The highest BCUT2D eigenvalue weighted by molar-refractivity contribution is 9.10. The van der Waals surface area contributed by atoms with E-state index in [0.29, 0.717) is 37.1 Å². The van der Waals surface area contributed by atoms with Gasteiger partial charge in [0.1, 0.15) is 12.2 Å². The second-order valence-electron chi connectivity index (χ2n) is 11.2. The van der Waals surface area contributed by atoms with Crippen LogP contribution < -0.4 is 10.1 Å². The summed E-state index contributed by atoms with van der Waals surface area (Å²) in [4.78, 5) is 46.6. The number of benzene rings is 4. The molecule has 52 heavy (non-hydrogen) atoms. The lowest BCUT2D eigenvalue weighted by atomic mass is 9.99. The zero-order chi connectivity index (χ0) is 37.2. The van der Waals surface area contributed by atoms with Gasteiger partial charge >= 0.3 is 0 Å². The van der Waals surface area contributed by atoms with Crippen molar-refractivity contribution >= 4 is 91.5 Å². The first-order valence-corrected chi connectivity index (χ1v) is 18.7. The fourth-order valence-corrected chi connectivity index (χ4v) is 7.41. The van der Waals surface area contributed by atoms with E-state index >= 15 is 0 Å². The van der Waals surface area contributed by atoms with Crippen molar-refractivity contribution in [3.05, 3.63) is 175 Å². The molecule has 0 saturated heterocycles. The summed E-state index contributed by atoms with van der Waals surface area (Å²) in [5.74, 6) is -1.46. The molecular formula is C40H31BrCl3N3O4S. The van der Waals surface area contributed by atoms with Gasteiger partial charge in [-0.15, -0.1) is 0 Å². The molecule has 1 aliphatic heterocycles. The number of nitrogens with one attached hydrogen (secondary N) is 1. The van der Waals surface area contributed by atoms with Crippen LogP contribution in [0.2, 0.25) is 15.1 Å². The summed E-state index contributed by atoms with van der Waals surface area (Å²) in [7, 11) is 0. The van der Waals surface area contributed by atoms with Gasteiger partial charge in [-0.25, -0.2) is 0 Å².